The predicted octanol–water partition coefficient (Wildman–Crippen LogP) is 5.41. The van der Waals surface area contributed by atoms with Crippen molar-refractivity contribution in [3.63, 3.8) is 0 Å². The molecule has 1 N–H and O–H groups in total. The van der Waals surface area contributed by atoms with Crippen LogP contribution in [-0.4, -0.2) is 58.9 Å². The van der Waals surface area contributed by atoms with Gasteiger partial charge < -0.3 is 19.9 Å². The van der Waals surface area contributed by atoms with Crippen LogP contribution in [0.15, 0.2) is 66.7 Å². The van der Waals surface area contributed by atoms with E-state index in [1.807, 2.05) is 66.1 Å². The molecule has 0 spiro atoms. The second-order valence-corrected chi connectivity index (χ2v) is 12.3. The molecule has 2 amide bonds. The second kappa shape index (κ2) is 10.4. The molecule has 2 bridgehead atoms. The number of benzene rings is 3. The summed E-state index contributed by atoms with van der Waals surface area (Å²) in [6, 6.07) is 23.3. The number of fused-ring (bicyclic) bond motifs is 3. The van der Waals surface area contributed by atoms with Crippen molar-refractivity contribution in [2.75, 3.05) is 19.6 Å². The van der Waals surface area contributed by atoms with Crippen LogP contribution in [0.25, 0.3) is 11.1 Å². The summed E-state index contributed by atoms with van der Waals surface area (Å²) in [7, 11) is 0. The average Bonchev–Trinajstić information content (AvgIpc) is 3.60. The van der Waals surface area contributed by atoms with E-state index in [1.165, 1.54) is 11.1 Å². The zero-order valence-electron chi connectivity index (χ0n) is 23.9. The Morgan fingerprint density at radius 1 is 0.950 bits per heavy atom. The normalized spacial score (nSPS) is 20.1. The molecule has 208 valence electrons. The highest BCUT2D eigenvalue weighted by atomic mass is 16.5. The number of nitrogens with zero attached hydrogens (tertiary/aromatic N) is 2. The smallest absolute Gasteiger partial charge is 0.266 e. The summed E-state index contributed by atoms with van der Waals surface area (Å²) in [5, 5.41) is 3.45. The van der Waals surface area contributed by atoms with Crippen LogP contribution in [0, 0.1) is 0 Å². The zero-order valence-corrected chi connectivity index (χ0v) is 23.9. The highest BCUT2D eigenvalue weighted by molar-refractivity contribution is 5.95. The first-order chi connectivity index (χ1) is 19.2. The van der Waals surface area contributed by atoms with Gasteiger partial charge in [0.25, 0.3) is 11.8 Å². The molecule has 0 aromatic heterocycles. The number of rotatable bonds is 6. The number of carbonyl (C=O) groups excluding carboxylic acids is 2. The van der Waals surface area contributed by atoms with Crippen molar-refractivity contribution >= 4 is 11.8 Å². The van der Waals surface area contributed by atoms with Gasteiger partial charge in [0.1, 0.15) is 5.75 Å². The lowest BCUT2D eigenvalue weighted by Crippen LogP contribution is -2.55. The zero-order chi connectivity index (χ0) is 28.0. The number of amides is 2. The molecule has 2 fully saturated rings. The van der Waals surface area contributed by atoms with Gasteiger partial charge in [-0.3, -0.25) is 9.59 Å². The Bertz CT molecular complexity index is 1410. The van der Waals surface area contributed by atoms with Crippen molar-refractivity contribution in [2.45, 2.75) is 70.7 Å². The Morgan fingerprint density at radius 2 is 1.65 bits per heavy atom. The largest absolute Gasteiger partial charge is 0.478 e. The molecule has 3 aliphatic rings. The van der Waals surface area contributed by atoms with Gasteiger partial charge in [-0.2, -0.15) is 0 Å². The molecule has 6 heteroatoms. The van der Waals surface area contributed by atoms with Gasteiger partial charge in [0, 0.05) is 43.8 Å². The summed E-state index contributed by atoms with van der Waals surface area (Å²) in [5.41, 5.74) is 5.66. The number of hydrogen-bond donors (Lipinski definition) is 1. The van der Waals surface area contributed by atoms with E-state index < -0.39 is 5.60 Å². The lowest BCUT2D eigenvalue weighted by atomic mass is 9.97. The minimum absolute atomic E-state index is 0.0498. The summed E-state index contributed by atoms with van der Waals surface area (Å²) < 4.78 is 6.27. The fraction of sp³-hybridized carbons (Fsp3) is 0.412. The van der Waals surface area contributed by atoms with E-state index in [9.17, 15) is 9.59 Å². The Hall–Kier alpha value is -3.64. The summed E-state index contributed by atoms with van der Waals surface area (Å²) in [6.45, 7) is 11.0. The van der Waals surface area contributed by atoms with Gasteiger partial charge >= 0.3 is 0 Å². The molecule has 3 heterocycles. The second-order valence-electron chi connectivity index (χ2n) is 12.3. The van der Waals surface area contributed by atoms with Crippen LogP contribution >= 0.6 is 0 Å². The van der Waals surface area contributed by atoms with Gasteiger partial charge in [0.05, 0.1) is 0 Å². The maximum atomic E-state index is 13.3. The molecular formula is C34H39N3O3. The molecule has 3 aromatic carbocycles. The SMILES string of the molecule is CC(C)c1ccc(-c2ccc(C(=O)N3CCc4cc(OC(C)(C)C(=O)N5C[C@@H]6C[C@H]5CN6)ccc4C3)cc2)cc1. The summed E-state index contributed by atoms with van der Waals surface area (Å²) >= 11 is 0. The minimum atomic E-state index is -0.933. The van der Waals surface area contributed by atoms with E-state index in [4.69, 9.17) is 4.74 Å². The number of nitrogens with one attached hydrogen (secondary N) is 1. The third kappa shape index (κ3) is 5.13. The Labute approximate surface area is 237 Å². The van der Waals surface area contributed by atoms with Crippen LogP contribution in [0.3, 0.4) is 0 Å². The third-order valence-electron chi connectivity index (χ3n) is 8.73. The third-order valence-corrected chi connectivity index (χ3v) is 8.73. The van der Waals surface area contributed by atoms with Crippen LogP contribution in [0.2, 0.25) is 0 Å². The maximum absolute atomic E-state index is 13.3. The summed E-state index contributed by atoms with van der Waals surface area (Å²) in [6.07, 6.45) is 1.79. The fourth-order valence-corrected chi connectivity index (χ4v) is 6.31. The average molecular weight is 538 g/mol. The molecule has 3 aromatic rings. The molecule has 3 aliphatic heterocycles. The van der Waals surface area contributed by atoms with Crippen molar-refractivity contribution in [3.05, 3.63) is 89.0 Å². The Morgan fingerprint density at radius 3 is 2.27 bits per heavy atom. The maximum Gasteiger partial charge on any atom is 0.266 e. The van der Waals surface area contributed by atoms with Crippen molar-refractivity contribution in [1.29, 1.82) is 0 Å². The van der Waals surface area contributed by atoms with Gasteiger partial charge in [-0.15, -0.1) is 0 Å². The van der Waals surface area contributed by atoms with E-state index in [2.05, 4.69) is 43.4 Å². The molecule has 6 rings (SSSR count). The topological polar surface area (TPSA) is 61.9 Å². The van der Waals surface area contributed by atoms with Gasteiger partial charge in [-0.1, -0.05) is 56.3 Å². The number of piperazine rings is 1. The van der Waals surface area contributed by atoms with Crippen LogP contribution in [0.1, 0.15) is 67.1 Å². The highest BCUT2D eigenvalue weighted by Crippen LogP contribution is 2.31. The molecule has 0 saturated carbocycles. The van der Waals surface area contributed by atoms with Crippen molar-refractivity contribution < 1.29 is 14.3 Å². The van der Waals surface area contributed by atoms with E-state index >= 15 is 0 Å². The fourth-order valence-electron chi connectivity index (χ4n) is 6.31. The summed E-state index contributed by atoms with van der Waals surface area (Å²) in [4.78, 5) is 30.5. The van der Waals surface area contributed by atoms with Gasteiger partial charge in [0.15, 0.2) is 5.60 Å². The number of ether oxygens (including phenoxy) is 1. The Kier molecular flexibility index (Phi) is 6.91. The minimum Gasteiger partial charge on any atom is -0.478 e. The van der Waals surface area contributed by atoms with Crippen LogP contribution in [-0.2, 0) is 17.8 Å². The standard InChI is InChI=1S/C34H39N3O3/c1-22(2)23-5-7-24(8-6-23)25-9-11-26(12-10-25)32(38)36-16-15-27-17-31(14-13-28(27)20-36)40-34(3,4)33(39)37-21-29-18-30(37)19-35-29/h5-14,17,22,29-30,35H,15-16,18-21H2,1-4H3/t29-,30-/m0/s1. The highest BCUT2D eigenvalue weighted by Gasteiger charge is 2.45. The van der Waals surface area contributed by atoms with Crippen LogP contribution in [0.5, 0.6) is 5.75 Å². The van der Waals surface area contributed by atoms with E-state index in [1.54, 1.807) is 0 Å². The van der Waals surface area contributed by atoms with E-state index in [-0.39, 0.29) is 17.9 Å². The molecule has 2 saturated heterocycles. The number of hydrogen-bond acceptors (Lipinski definition) is 4. The monoisotopic (exact) mass is 537 g/mol. The van der Waals surface area contributed by atoms with Crippen molar-refractivity contribution in [1.82, 2.24) is 15.1 Å². The van der Waals surface area contributed by atoms with E-state index in [0.29, 0.717) is 36.4 Å². The van der Waals surface area contributed by atoms with Crippen LogP contribution in [0.4, 0.5) is 0 Å². The van der Waals surface area contributed by atoms with Crippen LogP contribution < -0.4 is 10.1 Å². The number of carbonyl (C=O) groups is 2. The molecule has 6 nitrogen and oxygen atoms in total. The molecular weight excluding hydrogens is 498 g/mol. The van der Waals surface area contributed by atoms with Gasteiger partial charge in [-0.25, -0.2) is 0 Å². The first-order valence-corrected chi connectivity index (χ1v) is 14.5. The molecule has 0 radical (unpaired) electrons. The van der Waals surface area contributed by atoms with Gasteiger partial charge in [0.2, 0.25) is 0 Å². The first kappa shape index (κ1) is 26.6. The van der Waals surface area contributed by atoms with Crippen molar-refractivity contribution in [2.24, 2.45) is 0 Å². The number of likely N-dealkylation sites (tertiary alicyclic amines) is 1. The van der Waals surface area contributed by atoms with Gasteiger partial charge in [-0.05, 0) is 84.7 Å². The molecule has 40 heavy (non-hydrogen) atoms. The van der Waals surface area contributed by atoms with E-state index in [0.717, 1.165) is 42.6 Å². The quantitative estimate of drug-likeness (QED) is 0.457. The molecule has 0 unspecified atom stereocenters. The molecule has 0 aliphatic carbocycles. The first-order valence-electron chi connectivity index (χ1n) is 14.5. The Balaban J connectivity index is 1.09. The lowest BCUT2D eigenvalue weighted by Gasteiger charge is -2.35. The lowest BCUT2D eigenvalue weighted by molar-refractivity contribution is -0.146. The summed E-state index contributed by atoms with van der Waals surface area (Å²) in [5.74, 6) is 1.31. The molecule has 2 atom stereocenters. The predicted molar refractivity (Wildman–Crippen MR) is 157 cm³/mol. The van der Waals surface area contributed by atoms with Crippen molar-refractivity contribution in [3.8, 4) is 16.9 Å².